The molecule has 46 heavy (non-hydrogen) atoms. The van der Waals surface area contributed by atoms with E-state index in [9.17, 15) is 30.3 Å². The van der Waals surface area contributed by atoms with Gasteiger partial charge in [-0.1, -0.05) is 70.1 Å². The van der Waals surface area contributed by atoms with Crippen molar-refractivity contribution in [3.05, 3.63) is 77.4 Å². The van der Waals surface area contributed by atoms with E-state index in [-0.39, 0.29) is 45.9 Å². The first-order chi connectivity index (χ1) is 22.0. The maximum absolute atomic E-state index is 13.6. The Hall–Kier alpha value is -2.81. The van der Waals surface area contributed by atoms with Crippen LogP contribution in [0.25, 0.3) is 10.8 Å². The average molecular weight is 670 g/mol. The number of hydrogen-bond donors (Lipinski definition) is 6. The molecule has 4 bridgehead atoms. The normalized spacial score (nSPS) is 33.4. The molecule has 0 aromatic heterocycles. The van der Waals surface area contributed by atoms with Crippen molar-refractivity contribution in [3.63, 3.8) is 0 Å². The number of aliphatic hydroxyl groups excluding tert-OH is 3. The molecule has 12 heteroatoms. The zero-order valence-electron chi connectivity index (χ0n) is 25.5. The van der Waals surface area contributed by atoms with Crippen LogP contribution in [0.15, 0.2) is 60.7 Å². The Morgan fingerprint density at radius 3 is 2.59 bits per heavy atom. The molecular weight excluding hydrogens is 631 g/mol. The standard InChI is InChI=1S/C34H39NO9S2/c1-17-12-19-14-21(42-2)16-24-27(19)28(37)26(17)23(36)9-11-45-46-25(13-18-6-4-3-5-7-18)22-15-20(35)8-10-34(22,41)32-30(39)29(38)31(40)33(43-24)44-32/h3-8,10,12,14,16,20,22,25,29-33,37-41H,9,11,13,15,35H2,1-2H3/t20-,22-,25+,29-,30-,31+,32-,33-,34-/m0/s1. The van der Waals surface area contributed by atoms with Gasteiger partial charge in [0.1, 0.15) is 47.3 Å². The third kappa shape index (κ3) is 6.13. The zero-order chi connectivity index (χ0) is 32.7. The van der Waals surface area contributed by atoms with Gasteiger partial charge in [0.05, 0.1) is 18.1 Å². The molecule has 9 atom stereocenters. The van der Waals surface area contributed by atoms with E-state index >= 15 is 0 Å². The number of nitrogens with two attached hydrogens (primary N) is 1. The third-order valence-electron chi connectivity index (χ3n) is 9.19. The molecule has 2 aliphatic heterocycles. The number of phenols is 1. The van der Waals surface area contributed by atoms with Gasteiger partial charge in [-0.05, 0) is 42.3 Å². The maximum Gasteiger partial charge on any atom is 0.229 e. The third-order valence-corrected chi connectivity index (χ3v) is 12.1. The van der Waals surface area contributed by atoms with Crippen LogP contribution in [0, 0.1) is 12.8 Å². The molecule has 0 radical (unpaired) electrons. The van der Waals surface area contributed by atoms with Crippen molar-refractivity contribution < 1.29 is 44.5 Å². The first-order valence-corrected chi connectivity index (χ1v) is 17.6. The molecular formula is C34H39NO9S2. The molecule has 3 aliphatic rings. The molecule has 0 spiro atoms. The van der Waals surface area contributed by atoms with E-state index in [1.54, 1.807) is 25.1 Å². The summed E-state index contributed by atoms with van der Waals surface area (Å²) in [6, 6.07) is 14.3. The van der Waals surface area contributed by atoms with Gasteiger partial charge in [-0.25, -0.2) is 0 Å². The Bertz CT molecular complexity index is 1620. The van der Waals surface area contributed by atoms with Crippen LogP contribution < -0.4 is 15.2 Å². The molecule has 0 amide bonds. The topological polar surface area (TPSA) is 172 Å². The minimum Gasteiger partial charge on any atom is -0.506 e. The molecule has 246 valence electrons. The number of aromatic hydroxyl groups is 1. The van der Waals surface area contributed by atoms with Crippen molar-refractivity contribution in [2.24, 2.45) is 11.7 Å². The van der Waals surface area contributed by atoms with Crippen LogP contribution >= 0.6 is 21.6 Å². The van der Waals surface area contributed by atoms with Crippen LogP contribution in [0.1, 0.15) is 34.3 Å². The molecule has 3 aromatic rings. The van der Waals surface area contributed by atoms with Crippen molar-refractivity contribution in [2.45, 2.75) is 73.8 Å². The molecule has 1 aliphatic carbocycles. The SMILES string of the molecule is COc1cc2c3c(O)c(c(C)cc3c1)C(=O)CCSS[C@H](Cc1ccccc1)[C@@H]1C[C@@H](N)C=C[C@@]1(O)[C@H]1O[C@H](O2)[C@H](O)[C@@H](O)[C@@H]1O. The van der Waals surface area contributed by atoms with Gasteiger partial charge >= 0.3 is 0 Å². The van der Waals surface area contributed by atoms with Crippen LogP contribution in [0.4, 0.5) is 0 Å². The number of rotatable bonds is 3. The van der Waals surface area contributed by atoms with Gasteiger partial charge in [0.25, 0.3) is 0 Å². The van der Waals surface area contributed by atoms with Gasteiger partial charge in [-0.3, -0.25) is 4.79 Å². The molecule has 2 heterocycles. The van der Waals surface area contributed by atoms with Crippen LogP contribution in [-0.4, -0.2) is 91.8 Å². The number of carbonyl (C=O) groups is 1. The quantitative estimate of drug-likeness (QED) is 0.178. The summed E-state index contributed by atoms with van der Waals surface area (Å²) in [7, 11) is 4.47. The van der Waals surface area contributed by atoms with Gasteiger partial charge in [-0.2, -0.15) is 0 Å². The number of ether oxygens (including phenoxy) is 3. The number of Topliss-reactive ketones (excluding diaryl/α,β-unsaturated/α-hetero) is 1. The summed E-state index contributed by atoms with van der Waals surface area (Å²) in [6.45, 7) is 1.75. The number of carbonyl (C=O) groups excluding carboxylic acids is 1. The van der Waals surface area contributed by atoms with Crippen molar-refractivity contribution in [2.75, 3.05) is 12.9 Å². The van der Waals surface area contributed by atoms with E-state index in [1.165, 1.54) is 40.8 Å². The molecule has 6 rings (SSSR count). The molecule has 1 saturated heterocycles. The Morgan fingerprint density at radius 1 is 1.09 bits per heavy atom. The zero-order valence-corrected chi connectivity index (χ0v) is 27.1. The smallest absolute Gasteiger partial charge is 0.229 e. The number of fused-ring (bicyclic) bond motifs is 5. The molecule has 10 nitrogen and oxygen atoms in total. The number of ketones is 1. The van der Waals surface area contributed by atoms with Gasteiger partial charge in [0, 0.05) is 35.4 Å². The molecule has 0 saturated carbocycles. The van der Waals surface area contributed by atoms with Gasteiger partial charge in [0.15, 0.2) is 5.78 Å². The van der Waals surface area contributed by atoms with Crippen LogP contribution in [-0.2, 0) is 11.2 Å². The Kier molecular flexibility index (Phi) is 9.62. The van der Waals surface area contributed by atoms with Crippen molar-refractivity contribution >= 4 is 38.1 Å². The lowest BCUT2D eigenvalue weighted by atomic mass is 9.69. The maximum atomic E-state index is 13.6. The Balaban J connectivity index is 1.50. The second-order valence-electron chi connectivity index (χ2n) is 12.2. The summed E-state index contributed by atoms with van der Waals surface area (Å²) in [4.78, 5) is 13.6. The highest BCUT2D eigenvalue weighted by Crippen LogP contribution is 2.48. The lowest BCUT2D eigenvalue weighted by Crippen LogP contribution is -2.68. The number of aryl methyl sites for hydroxylation is 1. The van der Waals surface area contributed by atoms with Gasteiger partial charge in [0.2, 0.25) is 6.29 Å². The number of phenolic OH excluding ortho intramolecular Hbond substituents is 1. The highest BCUT2D eigenvalue weighted by atomic mass is 33.1. The second-order valence-corrected chi connectivity index (χ2v) is 15.0. The summed E-state index contributed by atoms with van der Waals surface area (Å²) < 4.78 is 17.9. The summed E-state index contributed by atoms with van der Waals surface area (Å²) in [6.07, 6.45) is -3.96. The number of benzene rings is 3. The molecule has 0 unspecified atom stereocenters. The predicted molar refractivity (Wildman–Crippen MR) is 177 cm³/mol. The first-order valence-electron chi connectivity index (χ1n) is 15.2. The van der Waals surface area contributed by atoms with E-state index in [0.717, 1.165) is 5.56 Å². The minimum absolute atomic E-state index is 0.0241. The Labute approximate surface area is 274 Å². The summed E-state index contributed by atoms with van der Waals surface area (Å²) in [5, 5.41) is 58.0. The highest BCUT2D eigenvalue weighted by molar-refractivity contribution is 8.76. The largest absolute Gasteiger partial charge is 0.506 e. The second kappa shape index (κ2) is 13.4. The number of methoxy groups -OCH3 is 1. The minimum atomic E-state index is -1.83. The summed E-state index contributed by atoms with van der Waals surface area (Å²) in [5.41, 5.74) is 6.34. The van der Waals surface area contributed by atoms with Crippen molar-refractivity contribution in [1.29, 1.82) is 0 Å². The summed E-state index contributed by atoms with van der Waals surface area (Å²) in [5.74, 6) is -0.271. The van der Waals surface area contributed by atoms with Gasteiger partial charge in [-0.15, -0.1) is 0 Å². The fourth-order valence-corrected chi connectivity index (χ4v) is 9.75. The van der Waals surface area contributed by atoms with E-state index in [0.29, 0.717) is 35.3 Å². The fourth-order valence-electron chi connectivity index (χ4n) is 6.81. The number of hydrogen-bond acceptors (Lipinski definition) is 12. The predicted octanol–water partition coefficient (Wildman–Crippen LogP) is 3.26. The van der Waals surface area contributed by atoms with Gasteiger partial charge < -0.3 is 45.5 Å². The van der Waals surface area contributed by atoms with E-state index in [4.69, 9.17) is 19.9 Å². The van der Waals surface area contributed by atoms with Crippen molar-refractivity contribution in [3.8, 4) is 17.2 Å². The first kappa shape index (κ1) is 33.1. The van der Waals surface area contributed by atoms with E-state index in [2.05, 4.69) is 0 Å². The van der Waals surface area contributed by atoms with Crippen molar-refractivity contribution in [1.82, 2.24) is 0 Å². The highest BCUT2D eigenvalue weighted by Gasteiger charge is 2.57. The molecule has 1 fully saturated rings. The van der Waals surface area contributed by atoms with Crippen LogP contribution in [0.2, 0.25) is 0 Å². The Morgan fingerprint density at radius 2 is 1.85 bits per heavy atom. The summed E-state index contributed by atoms with van der Waals surface area (Å²) >= 11 is 0. The van der Waals surface area contributed by atoms with Crippen LogP contribution in [0.3, 0.4) is 0 Å². The lowest BCUT2D eigenvalue weighted by Gasteiger charge is -2.51. The molecule has 3 aromatic carbocycles. The van der Waals surface area contributed by atoms with Crippen LogP contribution in [0.5, 0.6) is 17.2 Å². The average Bonchev–Trinajstić information content (AvgIpc) is 3.03. The lowest BCUT2D eigenvalue weighted by molar-refractivity contribution is -0.304. The fraction of sp³-hybridized carbons (Fsp3) is 0.441. The molecule has 7 N–H and O–H groups in total. The monoisotopic (exact) mass is 669 g/mol. The number of aliphatic hydroxyl groups is 4. The van der Waals surface area contributed by atoms with E-state index in [1.807, 2.05) is 30.3 Å². The van der Waals surface area contributed by atoms with E-state index < -0.39 is 42.2 Å².